The lowest BCUT2D eigenvalue weighted by Gasteiger charge is -2.14. The molecule has 4 N–H and O–H groups in total. The first-order valence-electron chi connectivity index (χ1n) is 4.92. The second-order valence-corrected chi connectivity index (χ2v) is 3.41. The predicted octanol–water partition coefficient (Wildman–Crippen LogP) is 0.733. The van der Waals surface area contributed by atoms with Crippen molar-refractivity contribution in [1.29, 1.82) is 0 Å². The van der Waals surface area contributed by atoms with E-state index in [-0.39, 0.29) is 5.78 Å². The average Bonchev–Trinajstić information content (AvgIpc) is 2.28. The first kappa shape index (κ1) is 12.2. The predicted molar refractivity (Wildman–Crippen MR) is 62.4 cm³/mol. The van der Waals surface area contributed by atoms with Crippen molar-refractivity contribution in [3.8, 4) is 0 Å². The number of urea groups is 1. The SMILES string of the molecule is CN(C(N)=O)c1cccc(C(=O)CCN)c1. The number of ketones is 1. The summed E-state index contributed by atoms with van der Waals surface area (Å²) >= 11 is 0. The maximum Gasteiger partial charge on any atom is 0.318 e. The van der Waals surface area contributed by atoms with Crippen LogP contribution >= 0.6 is 0 Å². The second kappa shape index (κ2) is 5.27. The molecule has 5 nitrogen and oxygen atoms in total. The average molecular weight is 221 g/mol. The molecular formula is C11H15N3O2. The number of nitrogens with two attached hydrogens (primary N) is 2. The van der Waals surface area contributed by atoms with Gasteiger partial charge in [0.15, 0.2) is 5.78 Å². The van der Waals surface area contributed by atoms with E-state index in [1.165, 1.54) is 4.90 Å². The molecule has 0 heterocycles. The standard InChI is InChI=1S/C11H15N3O2/c1-14(11(13)16)9-4-2-3-8(7-9)10(15)5-6-12/h2-4,7H,5-6,12H2,1H3,(H2,13,16). The topological polar surface area (TPSA) is 89.4 Å². The van der Waals surface area contributed by atoms with Crippen molar-refractivity contribution in [1.82, 2.24) is 0 Å². The first-order chi connectivity index (χ1) is 7.56. The smallest absolute Gasteiger partial charge is 0.318 e. The number of nitrogens with zero attached hydrogens (tertiary/aromatic N) is 1. The summed E-state index contributed by atoms with van der Waals surface area (Å²) in [5.41, 5.74) is 11.6. The summed E-state index contributed by atoms with van der Waals surface area (Å²) in [5.74, 6) is -0.0396. The summed E-state index contributed by atoms with van der Waals surface area (Å²) in [6, 6.07) is 6.17. The molecular weight excluding hydrogens is 206 g/mol. The van der Waals surface area contributed by atoms with Crippen LogP contribution in [0.4, 0.5) is 10.5 Å². The van der Waals surface area contributed by atoms with Gasteiger partial charge in [0.1, 0.15) is 0 Å². The summed E-state index contributed by atoms with van der Waals surface area (Å²) < 4.78 is 0. The van der Waals surface area contributed by atoms with Crippen LogP contribution in [0.1, 0.15) is 16.8 Å². The Morgan fingerprint density at radius 3 is 2.62 bits per heavy atom. The Balaban J connectivity index is 2.95. The van der Waals surface area contributed by atoms with Gasteiger partial charge in [-0.25, -0.2) is 4.79 Å². The van der Waals surface area contributed by atoms with E-state index in [4.69, 9.17) is 11.5 Å². The van der Waals surface area contributed by atoms with E-state index in [9.17, 15) is 9.59 Å². The van der Waals surface area contributed by atoms with E-state index in [0.29, 0.717) is 24.2 Å². The zero-order valence-corrected chi connectivity index (χ0v) is 9.14. The van der Waals surface area contributed by atoms with Gasteiger partial charge in [-0.3, -0.25) is 9.69 Å². The summed E-state index contributed by atoms with van der Waals surface area (Å²) in [6.45, 7) is 0.314. The van der Waals surface area contributed by atoms with Gasteiger partial charge in [0, 0.05) is 24.7 Å². The lowest BCUT2D eigenvalue weighted by molar-refractivity contribution is 0.0985. The monoisotopic (exact) mass is 221 g/mol. The molecule has 1 rings (SSSR count). The van der Waals surface area contributed by atoms with Crippen LogP contribution in [0.3, 0.4) is 0 Å². The lowest BCUT2D eigenvalue weighted by Crippen LogP contribution is -2.31. The minimum atomic E-state index is -0.566. The fourth-order valence-corrected chi connectivity index (χ4v) is 1.29. The number of amides is 2. The van der Waals surface area contributed by atoms with Crippen molar-refractivity contribution >= 4 is 17.5 Å². The summed E-state index contributed by atoms with van der Waals surface area (Å²) in [7, 11) is 1.55. The Morgan fingerprint density at radius 2 is 2.06 bits per heavy atom. The van der Waals surface area contributed by atoms with Crippen LogP contribution in [-0.4, -0.2) is 25.4 Å². The molecule has 1 aromatic carbocycles. The summed E-state index contributed by atoms with van der Waals surface area (Å²) in [5, 5.41) is 0. The molecule has 0 radical (unpaired) electrons. The van der Waals surface area contributed by atoms with Crippen molar-refractivity contribution in [2.45, 2.75) is 6.42 Å². The zero-order chi connectivity index (χ0) is 12.1. The van der Waals surface area contributed by atoms with Gasteiger partial charge in [-0.15, -0.1) is 0 Å². The minimum Gasteiger partial charge on any atom is -0.351 e. The summed E-state index contributed by atoms with van der Waals surface area (Å²) in [4.78, 5) is 23.8. The van der Waals surface area contributed by atoms with Crippen LogP contribution in [0.5, 0.6) is 0 Å². The number of carbonyl (C=O) groups is 2. The number of anilines is 1. The van der Waals surface area contributed by atoms with Gasteiger partial charge < -0.3 is 11.5 Å². The van der Waals surface area contributed by atoms with Gasteiger partial charge in [0.05, 0.1) is 0 Å². The molecule has 0 atom stereocenters. The number of carbonyl (C=O) groups excluding carboxylic acids is 2. The van der Waals surface area contributed by atoms with Gasteiger partial charge in [0.25, 0.3) is 0 Å². The number of benzene rings is 1. The largest absolute Gasteiger partial charge is 0.351 e. The Morgan fingerprint density at radius 1 is 1.38 bits per heavy atom. The quantitative estimate of drug-likeness (QED) is 0.734. The number of rotatable bonds is 4. The van der Waals surface area contributed by atoms with Crippen molar-refractivity contribution in [3.63, 3.8) is 0 Å². The van der Waals surface area contributed by atoms with E-state index in [2.05, 4.69) is 0 Å². The highest BCUT2D eigenvalue weighted by atomic mass is 16.2. The molecule has 16 heavy (non-hydrogen) atoms. The molecule has 0 aliphatic rings. The minimum absolute atomic E-state index is 0.0396. The van der Waals surface area contributed by atoms with Crippen molar-refractivity contribution in [3.05, 3.63) is 29.8 Å². The van der Waals surface area contributed by atoms with E-state index in [1.807, 2.05) is 0 Å². The molecule has 0 spiro atoms. The zero-order valence-electron chi connectivity index (χ0n) is 9.14. The maximum absolute atomic E-state index is 11.6. The lowest BCUT2D eigenvalue weighted by atomic mass is 10.1. The molecule has 0 aliphatic heterocycles. The molecule has 0 aromatic heterocycles. The molecule has 0 aliphatic carbocycles. The Bertz CT molecular complexity index is 404. The molecule has 0 unspecified atom stereocenters. The van der Waals surface area contributed by atoms with Crippen LogP contribution in [0.25, 0.3) is 0 Å². The highest BCUT2D eigenvalue weighted by molar-refractivity contribution is 5.98. The van der Waals surface area contributed by atoms with Crippen LogP contribution in [0.2, 0.25) is 0 Å². The van der Waals surface area contributed by atoms with Gasteiger partial charge >= 0.3 is 6.03 Å². The van der Waals surface area contributed by atoms with Crippen LogP contribution in [0, 0.1) is 0 Å². The van der Waals surface area contributed by atoms with Crippen LogP contribution < -0.4 is 16.4 Å². The number of Topliss-reactive ketones (excluding diaryl/α,β-unsaturated/α-hetero) is 1. The number of primary amides is 1. The molecule has 5 heteroatoms. The Labute approximate surface area is 94.0 Å². The molecule has 0 saturated carbocycles. The van der Waals surface area contributed by atoms with Crippen molar-refractivity contribution in [2.24, 2.45) is 11.5 Å². The molecule has 2 amide bonds. The molecule has 86 valence electrons. The van der Waals surface area contributed by atoms with Gasteiger partial charge in [-0.05, 0) is 18.7 Å². The normalized spacial score (nSPS) is 9.88. The molecule has 1 aromatic rings. The number of hydrogen-bond donors (Lipinski definition) is 2. The first-order valence-corrected chi connectivity index (χ1v) is 4.92. The van der Waals surface area contributed by atoms with E-state index < -0.39 is 6.03 Å². The van der Waals surface area contributed by atoms with Gasteiger partial charge in [-0.2, -0.15) is 0 Å². The van der Waals surface area contributed by atoms with Crippen molar-refractivity contribution < 1.29 is 9.59 Å². The van der Waals surface area contributed by atoms with Crippen LogP contribution in [0.15, 0.2) is 24.3 Å². The third-order valence-electron chi connectivity index (χ3n) is 2.26. The maximum atomic E-state index is 11.6. The van der Waals surface area contributed by atoms with E-state index >= 15 is 0 Å². The molecule has 0 saturated heterocycles. The number of hydrogen-bond acceptors (Lipinski definition) is 3. The third kappa shape index (κ3) is 2.80. The fourth-order valence-electron chi connectivity index (χ4n) is 1.29. The van der Waals surface area contributed by atoms with Crippen molar-refractivity contribution in [2.75, 3.05) is 18.5 Å². The fraction of sp³-hybridized carbons (Fsp3) is 0.273. The highest BCUT2D eigenvalue weighted by Gasteiger charge is 2.09. The molecule has 0 bridgehead atoms. The van der Waals surface area contributed by atoms with E-state index in [1.54, 1.807) is 31.3 Å². The Hall–Kier alpha value is -1.88. The van der Waals surface area contributed by atoms with Gasteiger partial charge in [0.2, 0.25) is 0 Å². The van der Waals surface area contributed by atoms with E-state index in [0.717, 1.165) is 0 Å². The Kier molecular flexibility index (Phi) is 4.02. The van der Waals surface area contributed by atoms with Gasteiger partial charge in [-0.1, -0.05) is 12.1 Å². The highest BCUT2D eigenvalue weighted by Crippen LogP contribution is 2.15. The van der Waals surface area contributed by atoms with Crippen LogP contribution in [-0.2, 0) is 0 Å². The third-order valence-corrected chi connectivity index (χ3v) is 2.26. The molecule has 0 fully saturated rings. The summed E-state index contributed by atoms with van der Waals surface area (Å²) in [6.07, 6.45) is 0.295. The second-order valence-electron chi connectivity index (χ2n) is 3.41.